The normalized spacial score (nSPS) is 20.4. The van der Waals surface area contributed by atoms with E-state index in [1.165, 1.54) is 12.8 Å². The van der Waals surface area contributed by atoms with Crippen molar-refractivity contribution in [1.29, 1.82) is 0 Å². The molecule has 1 N–H and O–H groups in total. The van der Waals surface area contributed by atoms with Crippen LogP contribution in [0.4, 0.5) is 5.69 Å². The van der Waals surface area contributed by atoms with E-state index in [1.54, 1.807) is 11.8 Å². The van der Waals surface area contributed by atoms with E-state index in [-0.39, 0.29) is 11.2 Å². The highest BCUT2D eigenvalue weighted by Gasteiger charge is 2.21. The lowest BCUT2D eigenvalue weighted by Gasteiger charge is -2.20. The van der Waals surface area contributed by atoms with E-state index in [1.807, 2.05) is 24.3 Å². The fourth-order valence-electron chi connectivity index (χ4n) is 1.72. The predicted octanol–water partition coefficient (Wildman–Crippen LogP) is 3.52. The minimum atomic E-state index is 0.143. The fourth-order valence-corrected chi connectivity index (χ4v) is 3.44. The van der Waals surface area contributed by atoms with Gasteiger partial charge in [-0.15, -0.1) is 11.8 Å². The Labute approximate surface area is 114 Å². The number of nitrogens with one attached hydrogen (secondary N) is 1. The Morgan fingerprint density at radius 3 is 2.88 bits per heavy atom. The van der Waals surface area contributed by atoms with Crippen molar-refractivity contribution in [2.24, 2.45) is 0 Å². The zero-order valence-electron chi connectivity index (χ0n) is 8.91. The average molecular weight is 347 g/mol. The van der Waals surface area contributed by atoms with Crippen molar-refractivity contribution in [1.82, 2.24) is 0 Å². The first-order valence-corrected chi connectivity index (χ1v) is 7.57. The molecule has 1 fully saturated rings. The van der Waals surface area contributed by atoms with E-state index in [0.717, 1.165) is 21.4 Å². The van der Waals surface area contributed by atoms with Gasteiger partial charge in [0, 0.05) is 3.57 Å². The molecule has 2 rings (SSSR count). The van der Waals surface area contributed by atoms with Crippen molar-refractivity contribution in [2.45, 2.75) is 24.5 Å². The number of anilines is 1. The molecule has 4 heteroatoms. The van der Waals surface area contributed by atoms with Gasteiger partial charge in [0.15, 0.2) is 0 Å². The van der Waals surface area contributed by atoms with E-state index >= 15 is 0 Å². The maximum absolute atomic E-state index is 12.0. The monoisotopic (exact) mass is 347 g/mol. The van der Waals surface area contributed by atoms with Crippen LogP contribution < -0.4 is 5.32 Å². The molecule has 1 aliphatic rings. The van der Waals surface area contributed by atoms with Crippen molar-refractivity contribution >= 4 is 45.9 Å². The van der Waals surface area contributed by atoms with Crippen molar-refractivity contribution in [3.05, 3.63) is 27.8 Å². The molecule has 0 bridgehead atoms. The van der Waals surface area contributed by atoms with E-state index in [2.05, 4.69) is 27.9 Å². The van der Waals surface area contributed by atoms with Crippen molar-refractivity contribution in [3.8, 4) is 0 Å². The highest BCUT2D eigenvalue weighted by Crippen LogP contribution is 2.27. The van der Waals surface area contributed by atoms with Gasteiger partial charge in [-0.25, -0.2) is 0 Å². The minimum absolute atomic E-state index is 0.143. The quantitative estimate of drug-likeness (QED) is 0.830. The SMILES string of the molecule is O=C(Nc1ccccc1I)C1CCCCS1. The lowest BCUT2D eigenvalue weighted by atomic mass is 10.2. The second-order valence-corrected chi connectivity index (χ2v) is 6.30. The highest BCUT2D eigenvalue weighted by atomic mass is 127. The third-order valence-corrected chi connectivity index (χ3v) is 4.92. The molecule has 0 spiro atoms. The van der Waals surface area contributed by atoms with Crippen LogP contribution in [0, 0.1) is 3.57 Å². The zero-order valence-corrected chi connectivity index (χ0v) is 11.9. The van der Waals surface area contributed by atoms with Crippen LogP contribution in [0.5, 0.6) is 0 Å². The van der Waals surface area contributed by atoms with E-state index in [4.69, 9.17) is 0 Å². The van der Waals surface area contributed by atoms with Crippen LogP contribution in [0.15, 0.2) is 24.3 Å². The van der Waals surface area contributed by atoms with Crippen molar-refractivity contribution in [2.75, 3.05) is 11.1 Å². The molecule has 1 aliphatic heterocycles. The summed E-state index contributed by atoms with van der Waals surface area (Å²) in [7, 11) is 0. The molecule has 1 aromatic rings. The first-order valence-electron chi connectivity index (χ1n) is 5.44. The fraction of sp³-hybridized carbons (Fsp3) is 0.417. The molecule has 1 unspecified atom stereocenters. The minimum Gasteiger partial charge on any atom is -0.324 e. The smallest absolute Gasteiger partial charge is 0.237 e. The molecule has 0 aliphatic carbocycles. The lowest BCUT2D eigenvalue weighted by molar-refractivity contribution is -0.115. The summed E-state index contributed by atoms with van der Waals surface area (Å²) in [4.78, 5) is 12.0. The van der Waals surface area contributed by atoms with E-state index in [0.29, 0.717) is 0 Å². The number of benzene rings is 1. The van der Waals surface area contributed by atoms with Crippen LogP contribution in [0.2, 0.25) is 0 Å². The average Bonchev–Trinajstić information content (AvgIpc) is 2.33. The molecule has 0 aromatic heterocycles. The Bertz CT molecular complexity index is 377. The van der Waals surface area contributed by atoms with Crippen molar-refractivity contribution in [3.63, 3.8) is 0 Å². The van der Waals surface area contributed by atoms with E-state index < -0.39 is 0 Å². The molecular formula is C12H14INOS. The van der Waals surface area contributed by atoms with Gasteiger partial charge in [-0.2, -0.15) is 0 Å². The number of hydrogen-bond donors (Lipinski definition) is 1. The zero-order chi connectivity index (χ0) is 11.4. The van der Waals surface area contributed by atoms with Gasteiger partial charge < -0.3 is 5.32 Å². The highest BCUT2D eigenvalue weighted by molar-refractivity contribution is 14.1. The summed E-state index contributed by atoms with van der Waals surface area (Å²) in [6, 6.07) is 7.88. The third kappa shape index (κ3) is 3.13. The second kappa shape index (κ2) is 5.91. The van der Waals surface area contributed by atoms with Gasteiger partial charge >= 0.3 is 0 Å². The standard InChI is InChI=1S/C12H14INOS/c13-9-5-1-2-6-10(9)14-12(15)11-7-3-4-8-16-11/h1-2,5-6,11H,3-4,7-8H2,(H,14,15). The molecule has 1 aromatic carbocycles. The van der Waals surface area contributed by atoms with Crippen LogP contribution in [0.1, 0.15) is 19.3 Å². The van der Waals surface area contributed by atoms with Gasteiger partial charge in [-0.3, -0.25) is 4.79 Å². The second-order valence-electron chi connectivity index (χ2n) is 3.82. The summed E-state index contributed by atoms with van der Waals surface area (Å²) >= 11 is 4.02. The molecular weight excluding hydrogens is 333 g/mol. The molecule has 1 atom stereocenters. The summed E-state index contributed by atoms with van der Waals surface area (Å²) in [6.45, 7) is 0. The molecule has 1 saturated heterocycles. The summed E-state index contributed by atoms with van der Waals surface area (Å²) in [5, 5.41) is 3.16. The Morgan fingerprint density at radius 2 is 2.19 bits per heavy atom. The van der Waals surface area contributed by atoms with Gasteiger partial charge in [0.05, 0.1) is 10.9 Å². The largest absolute Gasteiger partial charge is 0.324 e. The van der Waals surface area contributed by atoms with Gasteiger partial charge in [-0.05, 0) is 53.3 Å². The Kier molecular flexibility index (Phi) is 4.52. The van der Waals surface area contributed by atoms with Gasteiger partial charge in [0.2, 0.25) is 5.91 Å². The van der Waals surface area contributed by atoms with Crippen LogP contribution >= 0.6 is 34.4 Å². The number of hydrogen-bond acceptors (Lipinski definition) is 2. The number of para-hydroxylation sites is 1. The number of carbonyl (C=O) groups is 1. The maximum Gasteiger partial charge on any atom is 0.237 e. The number of thioether (sulfide) groups is 1. The first-order chi connectivity index (χ1) is 7.77. The molecule has 2 nitrogen and oxygen atoms in total. The van der Waals surface area contributed by atoms with Gasteiger partial charge in [0.1, 0.15) is 0 Å². The van der Waals surface area contributed by atoms with Crippen LogP contribution in [0.25, 0.3) is 0 Å². The molecule has 0 saturated carbocycles. The van der Waals surface area contributed by atoms with Crippen LogP contribution in [-0.4, -0.2) is 16.9 Å². The first kappa shape index (κ1) is 12.2. The molecule has 16 heavy (non-hydrogen) atoms. The number of carbonyl (C=O) groups excluding carboxylic acids is 1. The Balaban J connectivity index is 1.99. The summed E-state index contributed by atoms with van der Waals surface area (Å²) in [5.41, 5.74) is 0.930. The molecule has 1 heterocycles. The van der Waals surface area contributed by atoms with Crippen LogP contribution in [0.3, 0.4) is 0 Å². The van der Waals surface area contributed by atoms with Gasteiger partial charge in [-0.1, -0.05) is 18.6 Å². The Hall–Kier alpha value is -0.230. The predicted molar refractivity (Wildman–Crippen MR) is 77.9 cm³/mol. The molecule has 86 valence electrons. The topological polar surface area (TPSA) is 29.1 Å². The summed E-state index contributed by atoms with van der Waals surface area (Å²) in [5.74, 6) is 1.28. The Morgan fingerprint density at radius 1 is 1.38 bits per heavy atom. The van der Waals surface area contributed by atoms with Crippen molar-refractivity contribution < 1.29 is 4.79 Å². The lowest BCUT2D eigenvalue weighted by Crippen LogP contribution is -2.27. The van der Waals surface area contributed by atoms with Crippen LogP contribution in [-0.2, 0) is 4.79 Å². The molecule has 1 amide bonds. The number of rotatable bonds is 2. The van der Waals surface area contributed by atoms with E-state index in [9.17, 15) is 4.79 Å². The molecule has 0 radical (unpaired) electrons. The summed E-state index contributed by atoms with van der Waals surface area (Å²) in [6.07, 6.45) is 3.44. The van der Waals surface area contributed by atoms with Gasteiger partial charge in [0.25, 0.3) is 0 Å². The number of halogens is 1. The summed E-state index contributed by atoms with van der Waals surface area (Å²) < 4.78 is 1.09. The third-order valence-electron chi connectivity index (χ3n) is 2.60. The maximum atomic E-state index is 12.0. The number of amides is 1.